The third-order valence-electron chi connectivity index (χ3n) is 3.60. The molecule has 24 heavy (non-hydrogen) atoms. The number of alkyl halides is 3. The Morgan fingerprint density at radius 2 is 1.71 bits per heavy atom. The molecule has 0 aliphatic carbocycles. The normalized spacial score (nSPS) is 11.5. The summed E-state index contributed by atoms with van der Waals surface area (Å²) in [5.41, 5.74) is 0.564. The van der Waals surface area contributed by atoms with Crippen LogP contribution in [-0.4, -0.2) is 13.0 Å². The fourth-order valence-corrected chi connectivity index (χ4v) is 2.23. The van der Waals surface area contributed by atoms with Gasteiger partial charge in [0.05, 0.1) is 12.7 Å². The lowest BCUT2D eigenvalue weighted by Gasteiger charge is -2.13. The topological polar surface area (TPSA) is 38.3 Å². The average molecular weight is 337 g/mol. The van der Waals surface area contributed by atoms with Gasteiger partial charge in [-0.15, -0.1) is 0 Å². The molecule has 0 aliphatic rings. The third kappa shape index (κ3) is 4.07. The quantitative estimate of drug-likeness (QED) is 0.844. The van der Waals surface area contributed by atoms with Gasteiger partial charge in [-0.3, -0.25) is 4.79 Å². The van der Waals surface area contributed by atoms with Crippen molar-refractivity contribution in [3.8, 4) is 5.75 Å². The fraction of sp³-hybridized carbons (Fsp3) is 0.278. The van der Waals surface area contributed by atoms with E-state index in [-0.39, 0.29) is 11.3 Å². The van der Waals surface area contributed by atoms with Gasteiger partial charge in [-0.1, -0.05) is 26.0 Å². The first-order valence-electron chi connectivity index (χ1n) is 7.39. The number of hydrogen-bond donors (Lipinski definition) is 1. The maximum Gasteiger partial charge on any atom is 0.419 e. The summed E-state index contributed by atoms with van der Waals surface area (Å²) >= 11 is 0. The molecular formula is C18H18F3NO2. The van der Waals surface area contributed by atoms with Crippen LogP contribution in [-0.2, 0) is 6.18 Å². The summed E-state index contributed by atoms with van der Waals surface area (Å²) in [5, 5.41) is 2.59. The molecule has 0 unspecified atom stereocenters. The summed E-state index contributed by atoms with van der Waals surface area (Å²) in [6.45, 7) is 4.09. The monoisotopic (exact) mass is 337 g/mol. The number of halogens is 3. The number of methoxy groups -OCH3 is 1. The summed E-state index contributed by atoms with van der Waals surface area (Å²) in [5.74, 6) is -0.577. The van der Waals surface area contributed by atoms with Crippen molar-refractivity contribution in [3.05, 3.63) is 59.2 Å². The molecule has 1 N–H and O–H groups in total. The van der Waals surface area contributed by atoms with Gasteiger partial charge in [0.15, 0.2) is 0 Å². The maximum atomic E-state index is 13.0. The van der Waals surface area contributed by atoms with Crippen LogP contribution < -0.4 is 10.1 Å². The van der Waals surface area contributed by atoms with E-state index in [0.717, 1.165) is 24.8 Å². The van der Waals surface area contributed by atoms with Crippen molar-refractivity contribution in [2.24, 2.45) is 0 Å². The van der Waals surface area contributed by atoms with Crippen molar-refractivity contribution < 1.29 is 22.7 Å². The van der Waals surface area contributed by atoms with Gasteiger partial charge in [0.1, 0.15) is 5.75 Å². The number of nitrogens with one attached hydrogen (secondary N) is 1. The molecule has 6 heteroatoms. The Balaban J connectivity index is 2.23. The zero-order valence-corrected chi connectivity index (χ0v) is 13.6. The van der Waals surface area contributed by atoms with Crippen LogP contribution >= 0.6 is 0 Å². The molecule has 0 aliphatic heterocycles. The molecule has 0 spiro atoms. The molecule has 0 atom stereocenters. The SMILES string of the molecule is COc1ccc(C(=O)Nc2ccc(C(C)C)cc2)cc1C(F)(F)F. The van der Waals surface area contributed by atoms with Crippen LogP contribution in [0.1, 0.15) is 41.3 Å². The molecule has 0 heterocycles. The minimum absolute atomic E-state index is 0.0870. The number of hydrogen-bond acceptors (Lipinski definition) is 2. The number of rotatable bonds is 4. The molecule has 0 saturated heterocycles. The predicted octanol–water partition coefficient (Wildman–Crippen LogP) is 5.09. The van der Waals surface area contributed by atoms with Crippen LogP contribution in [0.4, 0.5) is 18.9 Å². The lowest BCUT2D eigenvalue weighted by Crippen LogP contribution is -2.14. The third-order valence-corrected chi connectivity index (χ3v) is 3.60. The second kappa shape index (κ2) is 6.95. The van der Waals surface area contributed by atoms with Crippen molar-refractivity contribution >= 4 is 11.6 Å². The minimum Gasteiger partial charge on any atom is -0.496 e. The molecule has 0 bridgehead atoms. The van der Waals surface area contributed by atoms with Gasteiger partial charge in [-0.2, -0.15) is 13.2 Å². The molecule has 2 aromatic carbocycles. The number of amides is 1. The zero-order chi connectivity index (χ0) is 17.9. The highest BCUT2D eigenvalue weighted by atomic mass is 19.4. The highest BCUT2D eigenvalue weighted by molar-refractivity contribution is 6.04. The Kier molecular flexibility index (Phi) is 5.17. The Labute approximate surface area is 138 Å². The van der Waals surface area contributed by atoms with Crippen molar-refractivity contribution in [3.63, 3.8) is 0 Å². The lowest BCUT2D eigenvalue weighted by atomic mass is 10.0. The minimum atomic E-state index is -4.60. The van der Waals surface area contributed by atoms with E-state index >= 15 is 0 Å². The first kappa shape index (κ1) is 17.8. The Morgan fingerprint density at radius 1 is 1.08 bits per heavy atom. The number of carbonyl (C=O) groups excluding carboxylic acids is 1. The van der Waals surface area contributed by atoms with Crippen LogP contribution in [0.5, 0.6) is 5.75 Å². The molecule has 2 rings (SSSR count). The van der Waals surface area contributed by atoms with Crippen molar-refractivity contribution in [1.29, 1.82) is 0 Å². The second-order valence-corrected chi connectivity index (χ2v) is 5.64. The first-order chi connectivity index (χ1) is 11.2. The molecule has 0 aromatic heterocycles. The molecule has 0 fully saturated rings. The Bertz CT molecular complexity index is 722. The Hall–Kier alpha value is -2.50. The van der Waals surface area contributed by atoms with Gasteiger partial charge in [0.2, 0.25) is 0 Å². The molecule has 1 amide bonds. The van der Waals surface area contributed by atoms with Crippen molar-refractivity contribution in [1.82, 2.24) is 0 Å². The molecule has 0 saturated carbocycles. The predicted molar refractivity (Wildman–Crippen MR) is 86.5 cm³/mol. The van der Waals surface area contributed by atoms with Gasteiger partial charge in [-0.05, 0) is 41.8 Å². The second-order valence-electron chi connectivity index (χ2n) is 5.64. The summed E-state index contributed by atoms with van der Waals surface area (Å²) in [6.07, 6.45) is -4.60. The van der Waals surface area contributed by atoms with Gasteiger partial charge in [0, 0.05) is 11.3 Å². The van der Waals surface area contributed by atoms with Gasteiger partial charge in [0.25, 0.3) is 5.91 Å². The van der Waals surface area contributed by atoms with E-state index in [1.165, 1.54) is 6.07 Å². The van der Waals surface area contributed by atoms with Gasteiger partial charge in [-0.25, -0.2) is 0 Å². The van der Waals surface area contributed by atoms with E-state index in [9.17, 15) is 18.0 Å². The average Bonchev–Trinajstić information content (AvgIpc) is 2.53. The number of carbonyl (C=O) groups is 1. The standard InChI is InChI=1S/C18H18F3NO2/c1-11(2)12-4-7-14(8-5-12)22-17(23)13-6-9-16(24-3)15(10-13)18(19,20)21/h4-11H,1-3H3,(H,22,23). The van der Waals surface area contributed by atoms with Crippen molar-refractivity contribution in [2.45, 2.75) is 25.9 Å². The number of benzene rings is 2. The summed E-state index contributed by atoms with van der Waals surface area (Å²) in [7, 11) is 1.15. The van der Waals surface area contributed by atoms with Crippen LogP contribution in [0.15, 0.2) is 42.5 Å². The molecule has 128 valence electrons. The van der Waals surface area contributed by atoms with E-state index < -0.39 is 17.6 Å². The Morgan fingerprint density at radius 3 is 2.21 bits per heavy atom. The van der Waals surface area contributed by atoms with Crippen LogP contribution in [0, 0.1) is 0 Å². The molecule has 0 radical (unpaired) electrons. The van der Waals surface area contributed by atoms with Crippen molar-refractivity contribution in [2.75, 3.05) is 12.4 Å². The van der Waals surface area contributed by atoms with Gasteiger partial charge < -0.3 is 10.1 Å². The molecule has 2 aromatic rings. The molecular weight excluding hydrogens is 319 g/mol. The fourth-order valence-electron chi connectivity index (χ4n) is 2.23. The maximum absolute atomic E-state index is 13.0. The lowest BCUT2D eigenvalue weighted by molar-refractivity contribution is -0.138. The van der Waals surface area contributed by atoms with Crippen LogP contribution in [0.2, 0.25) is 0 Å². The van der Waals surface area contributed by atoms with Gasteiger partial charge >= 0.3 is 6.18 Å². The van der Waals surface area contributed by atoms with E-state index in [2.05, 4.69) is 5.32 Å². The summed E-state index contributed by atoms with van der Waals surface area (Å²) in [4.78, 5) is 12.2. The van der Waals surface area contributed by atoms with Crippen LogP contribution in [0.25, 0.3) is 0 Å². The number of ether oxygens (including phenoxy) is 1. The summed E-state index contributed by atoms with van der Waals surface area (Å²) in [6, 6.07) is 10.4. The van der Waals surface area contributed by atoms with Crippen LogP contribution in [0.3, 0.4) is 0 Å². The highest BCUT2D eigenvalue weighted by Gasteiger charge is 2.35. The molecule has 3 nitrogen and oxygen atoms in total. The highest BCUT2D eigenvalue weighted by Crippen LogP contribution is 2.36. The largest absolute Gasteiger partial charge is 0.496 e. The van der Waals surface area contributed by atoms with E-state index in [1.807, 2.05) is 26.0 Å². The zero-order valence-electron chi connectivity index (χ0n) is 13.6. The van der Waals surface area contributed by atoms with E-state index in [0.29, 0.717) is 11.6 Å². The van der Waals surface area contributed by atoms with E-state index in [1.54, 1.807) is 12.1 Å². The number of anilines is 1. The first-order valence-corrected chi connectivity index (χ1v) is 7.39. The summed E-state index contributed by atoms with van der Waals surface area (Å²) < 4.78 is 43.8. The van der Waals surface area contributed by atoms with E-state index in [4.69, 9.17) is 4.74 Å². The smallest absolute Gasteiger partial charge is 0.419 e.